The first-order valence-electron chi connectivity index (χ1n) is 9.37. The monoisotopic (exact) mass is 342 g/mol. The van der Waals surface area contributed by atoms with E-state index in [1.54, 1.807) is 12.4 Å². The summed E-state index contributed by atoms with van der Waals surface area (Å²) in [5.41, 5.74) is 0.496. The van der Waals surface area contributed by atoms with E-state index in [-0.39, 0.29) is 17.9 Å². The predicted octanol–water partition coefficient (Wildman–Crippen LogP) is 2.50. The van der Waals surface area contributed by atoms with Crippen LogP contribution in [0.2, 0.25) is 0 Å². The van der Waals surface area contributed by atoms with Crippen LogP contribution >= 0.6 is 0 Å². The summed E-state index contributed by atoms with van der Waals surface area (Å²) in [7, 11) is 0. The van der Waals surface area contributed by atoms with Crippen molar-refractivity contribution in [2.24, 2.45) is 5.92 Å². The van der Waals surface area contributed by atoms with E-state index in [0.29, 0.717) is 12.7 Å². The van der Waals surface area contributed by atoms with Gasteiger partial charge in [0.15, 0.2) is 0 Å². The summed E-state index contributed by atoms with van der Waals surface area (Å²) in [5.74, 6) is 0.183. The summed E-state index contributed by atoms with van der Waals surface area (Å²) < 4.78 is 0. The number of amides is 3. The Labute approximate surface area is 148 Å². The average Bonchev–Trinajstić information content (AvgIpc) is 3.42. The second kappa shape index (κ2) is 6.41. The largest absolute Gasteiger partial charge is 0.326 e. The molecule has 25 heavy (non-hydrogen) atoms. The highest BCUT2D eigenvalue weighted by molar-refractivity contribution is 6.07. The minimum absolute atomic E-state index is 0.0231. The molecule has 2 heterocycles. The molecule has 6 nitrogen and oxygen atoms in total. The zero-order valence-electron chi connectivity index (χ0n) is 14.8. The molecule has 1 saturated heterocycles. The molecular weight excluding hydrogens is 316 g/mol. The van der Waals surface area contributed by atoms with Crippen molar-refractivity contribution in [3.8, 4) is 0 Å². The molecule has 0 unspecified atom stereocenters. The molecule has 134 valence electrons. The minimum Gasteiger partial charge on any atom is -0.323 e. The summed E-state index contributed by atoms with van der Waals surface area (Å²) in [5, 5.41) is 3.05. The molecule has 0 bridgehead atoms. The summed E-state index contributed by atoms with van der Waals surface area (Å²) in [6.45, 7) is 3.22. The smallest absolute Gasteiger partial charge is 0.323 e. The minimum atomic E-state index is -0.665. The first-order valence-corrected chi connectivity index (χ1v) is 9.37. The van der Waals surface area contributed by atoms with Gasteiger partial charge < -0.3 is 5.32 Å². The molecular formula is C19H26N4O2. The number of nitrogens with one attached hydrogen (secondary N) is 1. The molecule has 6 heteroatoms. The lowest BCUT2D eigenvalue weighted by Crippen LogP contribution is -2.54. The Morgan fingerprint density at radius 1 is 1.24 bits per heavy atom. The van der Waals surface area contributed by atoms with Gasteiger partial charge in [-0.2, -0.15) is 0 Å². The molecule has 3 aliphatic rings. The fourth-order valence-corrected chi connectivity index (χ4v) is 4.26. The predicted molar refractivity (Wildman–Crippen MR) is 93.4 cm³/mol. The number of nitrogens with zero attached hydrogens (tertiary/aromatic N) is 3. The molecule has 1 spiro atoms. The Hall–Kier alpha value is -1.95. The van der Waals surface area contributed by atoms with Crippen LogP contribution in [0.4, 0.5) is 4.79 Å². The summed E-state index contributed by atoms with van der Waals surface area (Å²) in [6.07, 6.45) is 9.76. The van der Waals surface area contributed by atoms with E-state index >= 15 is 0 Å². The maximum absolute atomic E-state index is 13.1. The van der Waals surface area contributed by atoms with E-state index in [9.17, 15) is 9.59 Å². The summed E-state index contributed by atoms with van der Waals surface area (Å²) in [4.78, 5) is 33.5. The van der Waals surface area contributed by atoms with Crippen LogP contribution in [-0.2, 0) is 11.3 Å². The fourth-order valence-electron chi connectivity index (χ4n) is 4.26. The van der Waals surface area contributed by atoms with Crippen molar-refractivity contribution < 1.29 is 9.59 Å². The van der Waals surface area contributed by atoms with E-state index in [1.165, 1.54) is 4.90 Å². The van der Waals surface area contributed by atoms with E-state index in [0.717, 1.165) is 50.6 Å². The van der Waals surface area contributed by atoms with E-state index in [1.807, 2.05) is 12.1 Å². The van der Waals surface area contributed by atoms with Crippen molar-refractivity contribution in [1.29, 1.82) is 0 Å². The highest BCUT2D eigenvalue weighted by Crippen LogP contribution is 2.39. The quantitative estimate of drug-likeness (QED) is 0.835. The number of aromatic nitrogens is 1. The molecule has 1 aromatic heterocycles. The standard InChI is InChI=1S/C19H26N4O2/c1-14-4-2-3-9-19(14)17(24)23(18(25)21-19)13-22(16-5-6-16)12-15-7-10-20-11-8-15/h7-8,10-11,14,16H,2-6,9,12-13H2,1H3,(H,21,25)/t14-,19+/m0/s1. The zero-order chi connectivity index (χ0) is 17.4. The van der Waals surface area contributed by atoms with Crippen molar-refractivity contribution in [3.05, 3.63) is 30.1 Å². The third-order valence-electron chi connectivity index (χ3n) is 6.02. The summed E-state index contributed by atoms with van der Waals surface area (Å²) in [6, 6.07) is 4.23. The van der Waals surface area contributed by atoms with E-state index in [2.05, 4.69) is 22.1 Å². The van der Waals surface area contributed by atoms with Gasteiger partial charge in [0.2, 0.25) is 0 Å². The van der Waals surface area contributed by atoms with Crippen LogP contribution in [0.25, 0.3) is 0 Å². The third kappa shape index (κ3) is 3.03. The van der Waals surface area contributed by atoms with Gasteiger partial charge in [0, 0.05) is 25.0 Å². The lowest BCUT2D eigenvalue weighted by atomic mass is 9.73. The van der Waals surface area contributed by atoms with Crippen molar-refractivity contribution >= 4 is 11.9 Å². The Kier molecular flexibility index (Phi) is 4.23. The lowest BCUT2D eigenvalue weighted by Gasteiger charge is -2.37. The molecule has 1 N–H and O–H groups in total. The van der Waals surface area contributed by atoms with Gasteiger partial charge in [-0.15, -0.1) is 0 Å². The number of rotatable bonds is 5. The van der Waals surface area contributed by atoms with Crippen LogP contribution in [0.5, 0.6) is 0 Å². The van der Waals surface area contributed by atoms with Gasteiger partial charge in [0.25, 0.3) is 5.91 Å². The van der Waals surface area contributed by atoms with E-state index < -0.39 is 5.54 Å². The van der Waals surface area contributed by atoms with Crippen LogP contribution < -0.4 is 5.32 Å². The van der Waals surface area contributed by atoms with Crippen LogP contribution in [-0.4, -0.2) is 45.0 Å². The molecule has 2 aliphatic carbocycles. The lowest BCUT2D eigenvalue weighted by molar-refractivity contribution is -0.135. The first-order chi connectivity index (χ1) is 12.1. The molecule has 1 aromatic rings. The number of imide groups is 1. The molecule has 4 rings (SSSR count). The molecule has 3 amide bonds. The second-order valence-electron chi connectivity index (χ2n) is 7.76. The molecule has 0 aromatic carbocycles. The van der Waals surface area contributed by atoms with Crippen molar-refractivity contribution in [2.45, 2.75) is 63.6 Å². The molecule has 2 atom stereocenters. The number of carbonyl (C=O) groups excluding carboxylic acids is 2. The van der Waals surface area contributed by atoms with Gasteiger partial charge in [-0.25, -0.2) is 9.69 Å². The van der Waals surface area contributed by atoms with Crippen molar-refractivity contribution in [3.63, 3.8) is 0 Å². The maximum atomic E-state index is 13.1. The van der Waals surface area contributed by atoms with E-state index in [4.69, 9.17) is 0 Å². The van der Waals surface area contributed by atoms with Crippen LogP contribution in [0.15, 0.2) is 24.5 Å². The van der Waals surface area contributed by atoms with Crippen molar-refractivity contribution in [1.82, 2.24) is 20.1 Å². The third-order valence-corrected chi connectivity index (χ3v) is 6.02. The number of pyridine rings is 1. The Morgan fingerprint density at radius 3 is 2.68 bits per heavy atom. The number of hydrogen-bond donors (Lipinski definition) is 1. The van der Waals surface area contributed by atoms with Crippen LogP contribution in [0.3, 0.4) is 0 Å². The molecule has 0 radical (unpaired) electrons. The van der Waals surface area contributed by atoms with Crippen LogP contribution in [0, 0.1) is 5.92 Å². The number of carbonyl (C=O) groups is 2. The zero-order valence-corrected chi connectivity index (χ0v) is 14.8. The highest BCUT2D eigenvalue weighted by Gasteiger charge is 2.55. The Bertz CT molecular complexity index is 661. The molecule has 1 aliphatic heterocycles. The van der Waals surface area contributed by atoms with Gasteiger partial charge in [-0.05, 0) is 49.3 Å². The molecule has 2 saturated carbocycles. The van der Waals surface area contributed by atoms with Gasteiger partial charge in [0.05, 0.1) is 6.67 Å². The Morgan fingerprint density at radius 2 is 2.00 bits per heavy atom. The Balaban J connectivity index is 1.50. The SMILES string of the molecule is C[C@H]1CCCC[C@@]12NC(=O)N(CN(Cc1ccncc1)C1CC1)C2=O. The first kappa shape index (κ1) is 16.5. The number of urea groups is 1. The van der Waals surface area contributed by atoms with Gasteiger partial charge >= 0.3 is 6.03 Å². The highest BCUT2D eigenvalue weighted by atomic mass is 16.2. The fraction of sp³-hybridized carbons (Fsp3) is 0.632. The summed E-state index contributed by atoms with van der Waals surface area (Å²) >= 11 is 0. The van der Waals surface area contributed by atoms with Gasteiger partial charge in [-0.1, -0.05) is 19.8 Å². The second-order valence-corrected chi connectivity index (χ2v) is 7.76. The van der Waals surface area contributed by atoms with Gasteiger partial charge in [-0.3, -0.25) is 14.7 Å². The van der Waals surface area contributed by atoms with Gasteiger partial charge in [0.1, 0.15) is 5.54 Å². The topological polar surface area (TPSA) is 65.5 Å². The normalized spacial score (nSPS) is 29.5. The van der Waals surface area contributed by atoms with Crippen molar-refractivity contribution in [2.75, 3.05) is 6.67 Å². The molecule has 3 fully saturated rings. The number of hydrogen-bond acceptors (Lipinski definition) is 4. The average molecular weight is 342 g/mol. The van der Waals surface area contributed by atoms with Crippen LogP contribution in [0.1, 0.15) is 51.0 Å². The maximum Gasteiger partial charge on any atom is 0.326 e.